The smallest absolute Gasteiger partial charge is 0.252 e. The molecule has 1 heterocycles. The number of guanidine groups is 1. The number of ether oxygens (including phenoxy) is 1. The highest BCUT2D eigenvalue weighted by molar-refractivity contribution is 7.91. The average molecular weight is 425 g/mol. The predicted molar refractivity (Wildman–Crippen MR) is 115 cm³/mol. The molecule has 0 atom stereocenters. The summed E-state index contributed by atoms with van der Waals surface area (Å²) in [5.41, 5.74) is 1.13. The van der Waals surface area contributed by atoms with Gasteiger partial charge >= 0.3 is 0 Å². The molecule has 7 nitrogen and oxygen atoms in total. The summed E-state index contributed by atoms with van der Waals surface area (Å²) in [6.07, 6.45) is 0.804. The van der Waals surface area contributed by atoms with Crippen molar-refractivity contribution in [2.24, 2.45) is 4.99 Å². The molecule has 28 heavy (non-hydrogen) atoms. The SMILES string of the molecule is CCNC(=NCc1ccc(S(=O)(=O)N(C)C)s1)NCCc1ccccc1OC. The van der Waals surface area contributed by atoms with Crippen molar-refractivity contribution in [1.82, 2.24) is 14.9 Å². The Bertz CT molecular complexity index is 892. The lowest BCUT2D eigenvalue weighted by Gasteiger charge is -2.12. The fourth-order valence-electron chi connectivity index (χ4n) is 2.49. The van der Waals surface area contributed by atoms with Crippen LogP contribution < -0.4 is 15.4 Å². The first-order valence-corrected chi connectivity index (χ1v) is 11.3. The van der Waals surface area contributed by atoms with E-state index < -0.39 is 10.0 Å². The molecule has 0 saturated heterocycles. The molecule has 2 aromatic rings. The number of methoxy groups -OCH3 is 1. The summed E-state index contributed by atoms with van der Waals surface area (Å²) in [5.74, 6) is 1.57. The van der Waals surface area contributed by atoms with Crippen LogP contribution in [0, 0.1) is 0 Å². The molecule has 1 aromatic carbocycles. The lowest BCUT2D eigenvalue weighted by atomic mass is 10.1. The number of thiophene rings is 1. The third kappa shape index (κ3) is 5.95. The van der Waals surface area contributed by atoms with E-state index in [-0.39, 0.29) is 0 Å². The Morgan fingerprint density at radius 3 is 2.61 bits per heavy atom. The van der Waals surface area contributed by atoms with Crippen LogP contribution in [0.25, 0.3) is 0 Å². The van der Waals surface area contributed by atoms with E-state index in [2.05, 4.69) is 15.6 Å². The molecule has 0 bridgehead atoms. The summed E-state index contributed by atoms with van der Waals surface area (Å²) in [7, 11) is 1.33. The molecule has 0 spiro atoms. The molecule has 0 saturated carbocycles. The van der Waals surface area contributed by atoms with E-state index in [1.165, 1.54) is 29.7 Å². The molecule has 154 valence electrons. The third-order valence-electron chi connectivity index (χ3n) is 3.99. The van der Waals surface area contributed by atoms with E-state index in [0.717, 1.165) is 29.2 Å². The predicted octanol–water partition coefficient (Wildman–Crippen LogP) is 2.30. The van der Waals surface area contributed by atoms with E-state index >= 15 is 0 Å². The topological polar surface area (TPSA) is 83.0 Å². The van der Waals surface area contributed by atoms with Gasteiger partial charge in [-0.2, -0.15) is 0 Å². The van der Waals surface area contributed by atoms with Crippen LogP contribution in [0.5, 0.6) is 5.75 Å². The standard InChI is InChI=1S/C19H28N4O3S2/c1-5-20-19(21-13-12-15-8-6-7-9-17(15)26-4)22-14-16-10-11-18(27-16)28(24,25)23(2)3/h6-11H,5,12-14H2,1-4H3,(H2,20,21,22). The molecule has 9 heteroatoms. The zero-order valence-electron chi connectivity index (χ0n) is 16.7. The van der Waals surface area contributed by atoms with Crippen LogP contribution in [-0.4, -0.2) is 53.0 Å². The first-order valence-electron chi connectivity index (χ1n) is 9.03. The van der Waals surface area contributed by atoms with Crippen molar-refractivity contribution >= 4 is 27.3 Å². The van der Waals surface area contributed by atoms with Crippen LogP contribution in [0.15, 0.2) is 45.6 Å². The van der Waals surface area contributed by atoms with E-state index in [4.69, 9.17) is 4.74 Å². The van der Waals surface area contributed by atoms with E-state index in [1.807, 2.05) is 37.3 Å². The average Bonchev–Trinajstić information content (AvgIpc) is 3.16. The first-order chi connectivity index (χ1) is 13.4. The molecule has 0 unspecified atom stereocenters. The van der Waals surface area contributed by atoms with E-state index in [0.29, 0.717) is 23.3 Å². The maximum atomic E-state index is 12.2. The number of benzene rings is 1. The van der Waals surface area contributed by atoms with Crippen molar-refractivity contribution in [3.05, 3.63) is 46.8 Å². The number of nitrogens with zero attached hydrogens (tertiary/aromatic N) is 2. The Hall–Kier alpha value is -2.10. The fraction of sp³-hybridized carbons (Fsp3) is 0.421. The first kappa shape index (κ1) is 22.2. The van der Waals surface area contributed by atoms with Gasteiger partial charge in [0.1, 0.15) is 9.96 Å². The molecule has 2 N–H and O–H groups in total. The molecule has 0 aliphatic carbocycles. The minimum atomic E-state index is -3.40. The second-order valence-corrected chi connectivity index (χ2v) is 9.74. The van der Waals surface area contributed by atoms with E-state index in [9.17, 15) is 8.42 Å². The van der Waals surface area contributed by atoms with Crippen molar-refractivity contribution in [3.8, 4) is 5.75 Å². The summed E-state index contributed by atoms with van der Waals surface area (Å²) in [6.45, 7) is 3.87. The van der Waals surface area contributed by atoms with Gasteiger partial charge in [0.05, 0.1) is 13.7 Å². The molecule has 0 fully saturated rings. The van der Waals surface area contributed by atoms with Crippen LogP contribution in [0.3, 0.4) is 0 Å². The number of hydrogen-bond donors (Lipinski definition) is 2. The summed E-state index contributed by atoms with van der Waals surface area (Å²) in [4.78, 5) is 5.45. The number of hydrogen-bond acceptors (Lipinski definition) is 5. The van der Waals surface area contributed by atoms with Crippen LogP contribution in [-0.2, 0) is 23.0 Å². The summed E-state index contributed by atoms with van der Waals surface area (Å²) in [5, 5.41) is 6.52. The molecule has 0 amide bonds. The van der Waals surface area contributed by atoms with Gasteiger partial charge in [-0.15, -0.1) is 11.3 Å². The monoisotopic (exact) mass is 424 g/mol. The van der Waals surface area contributed by atoms with Gasteiger partial charge in [-0.3, -0.25) is 0 Å². The fourth-order valence-corrected chi connectivity index (χ4v) is 4.93. The Balaban J connectivity index is 1.98. The second-order valence-electron chi connectivity index (χ2n) is 6.19. The Morgan fingerprint density at radius 2 is 1.93 bits per heavy atom. The van der Waals surface area contributed by atoms with Crippen molar-refractivity contribution in [2.75, 3.05) is 34.3 Å². The zero-order valence-corrected chi connectivity index (χ0v) is 18.4. The van der Waals surface area contributed by atoms with Crippen LogP contribution in [0.4, 0.5) is 0 Å². The van der Waals surface area contributed by atoms with Crippen molar-refractivity contribution in [1.29, 1.82) is 0 Å². The summed E-state index contributed by atoms with van der Waals surface area (Å²) >= 11 is 1.25. The van der Waals surface area contributed by atoms with Crippen LogP contribution >= 0.6 is 11.3 Å². The van der Waals surface area contributed by atoms with Gasteiger partial charge in [-0.05, 0) is 37.1 Å². The van der Waals surface area contributed by atoms with Gasteiger partial charge in [0.15, 0.2) is 5.96 Å². The van der Waals surface area contributed by atoms with Crippen molar-refractivity contribution in [3.63, 3.8) is 0 Å². The maximum Gasteiger partial charge on any atom is 0.252 e. The van der Waals surface area contributed by atoms with E-state index in [1.54, 1.807) is 13.2 Å². The molecule has 1 aromatic heterocycles. The highest BCUT2D eigenvalue weighted by Gasteiger charge is 2.19. The van der Waals surface area contributed by atoms with Crippen LogP contribution in [0.1, 0.15) is 17.4 Å². The van der Waals surface area contributed by atoms with Gasteiger partial charge in [-0.25, -0.2) is 17.7 Å². The third-order valence-corrected chi connectivity index (χ3v) is 7.34. The second kappa shape index (κ2) is 10.4. The van der Waals surface area contributed by atoms with Crippen molar-refractivity contribution in [2.45, 2.75) is 24.1 Å². The molecule has 0 aliphatic rings. The normalized spacial score (nSPS) is 12.2. The number of aliphatic imine (C=N–C) groups is 1. The van der Waals surface area contributed by atoms with Crippen LogP contribution in [0.2, 0.25) is 0 Å². The Morgan fingerprint density at radius 1 is 1.18 bits per heavy atom. The highest BCUT2D eigenvalue weighted by atomic mass is 32.2. The molecular weight excluding hydrogens is 396 g/mol. The zero-order chi connectivity index (χ0) is 20.6. The Labute approximate surface area is 171 Å². The lowest BCUT2D eigenvalue weighted by molar-refractivity contribution is 0.409. The van der Waals surface area contributed by atoms with Gasteiger partial charge in [0.25, 0.3) is 10.0 Å². The largest absolute Gasteiger partial charge is 0.496 e. The number of para-hydroxylation sites is 1. The number of nitrogens with one attached hydrogen (secondary N) is 2. The molecule has 0 aliphatic heterocycles. The van der Waals surface area contributed by atoms with Gasteiger partial charge in [-0.1, -0.05) is 18.2 Å². The summed E-state index contributed by atoms with van der Waals surface area (Å²) < 4.78 is 31.3. The number of sulfonamides is 1. The van der Waals surface area contributed by atoms with Crippen molar-refractivity contribution < 1.29 is 13.2 Å². The number of rotatable bonds is 9. The van der Waals surface area contributed by atoms with Gasteiger partial charge < -0.3 is 15.4 Å². The highest BCUT2D eigenvalue weighted by Crippen LogP contribution is 2.24. The van der Waals surface area contributed by atoms with Gasteiger partial charge in [0.2, 0.25) is 0 Å². The molecule has 2 rings (SSSR count). The Kier molecular flexibility index (Phi) is 8.28. The maximum absolute atomic E-state index is 12.2. The molecular formula is C19H28N4O3S2. The minimum absolute atomic E-state index is 0.330. The van der Waals surface area contributed by atoms with Gasteiger partial charge in [0, 0.05) is 32.1 Å². The molecule has 0 radical (unpaired) electrons. The minimum Gasteiger partial charge on any atom is -0.496 e. The quantitative estimate of drug-likeness (QED) is 0.477. The lowest BCUT2D eigenvalue weighted by Crippen LogP contribution is -2.38. The summed E-state index contributed by atoms with van der Waals surface area (Å²) in [6, 6.07) is 11.4.